The Morgan fingerprint density at radius 1 is 1.15 bits per heavy atom. The number of fused-ring (bicyclic) bond motifs is 1. The fourth-order valence-corrected chi connectivity index (χ4v) is 2.54. The number of nitrogens with zero attached hydrogens (tertiary/aromatic N) is 1. The number of nitrogen functional groups attached to an aromatic ring is 1. The van der Waals surface area contributed by atoms with Crippen LogP contribution in [-0.4, -0.2) is 34.6 Å². The molecule has 0 saturated carbocycles. The first-order valence-corrected chi connectivity index (χ1v) is 6.11. The molecular weight excluding hydrogens is 262 g/mol. The summed E-state index contributed by atoms with van der Waals surface area (Å²) in [5.74, 6) is -2.17. The highest BCUT2D eigenvalue weighted by atomic mass is 16.2. The van der Waals surface area contributed by atoms with Crippen molar-refractivity contribution in [2.75, 3.05) is 5.73 Å². The van der Waals surface area contributed by atoms with Gasteiger partial charge in [0, 0.05) is 12.1 Å². The number of imide groups is 2. The Balaban J connectivity index is 2.00. The highest BCUT2D eigenvalue weighted by molar-refractivity contribution is 6.25. The SMILES string of the molecule is Nc1cccc2c1C(=O)N([C@H]1CCC(=O)NC1=O)C2=O. The minimum absolute atomic E-state index is 0.0965. The van der Waals surface area contributed by atoms with E-state index in [1.54, 1.807) is 6.07 Å². The van der Waals surface area contributed by atoms with Gasteiger partial charge in [-0.2, -0.15) is 0 Å². The number of hydrogen-bond donors (Lipinski definition) is 2. The van der Waals surface area contributed by atoms with E-state index < -0.39 is 29.7 Å². The first-order chi connectivity index (χ1) is 9.50. The summed E-state index contributed by atoms with van der Waals surface area (Å²) in [4.78, 5) is 48.4. The number of nitrogens with one attached hydrogen (secondary N) is 1. The van der Waals surface area contributed by atoms with Gasteiger partial charge in [-0.05, 0) is 18.6 Å². The summed E-state index contributed by atoms with van der Waals surface area (Å²) < 4.78 is 0. The van der Waals surface area contributed by atoms with Gasteiger partial charge in [-0.1, -0.05) is 6.07 Å². The number of hydrogen-bond acceptors (Lipinski definition) is 5. The molecule has 0 aliphatic carbocycles. The number of anilines is 1. The average Bonchev–Trinajstić information content (AvgIpc) is 2.64. The molecule has 0 bridgehead atoms. The van der Waals surface area contributed by atoms with Gasteiger partial charge in [-0.25, -0.2) is 0 Å². The molecule has 0 radical (unpaired) electrons. The Bertz CT molecular complexity index is 668. The van der Waals surface area contributed by atoms with Crippen molar-refractivity contribution in [3.63, 3.8) is 0 Å². The molecule has 0 aromatic heterocycles. The summed E-state index contributed by atoms with van der Waals surface area (Å²) in [5, 5.41) is 2.13. The number of rotatable bonds is 1. The third-order valence-corrected chi connectivity index (χ3v) is 3.50. The zero-order valence-corrected chi connectivity index (χ0v) is 10.4. The second-order valence-electron chi connectivity index (χ2n) is 4.72. The van der Waals surface area contributed by atoms with E-state index in [1.807, 2.05) is 0 Å². The van der Waals surface area contributed by atoms with Gasteiger partial charge in [0.2, 0.25) is 11.8 Å². The number of amides is 4. The first-order valence-electron chi connectivity index (χ1n) is 6.11. The summed E-state index contributed by atoms with van der Waals surface area (Å²) in [7, 11) is 0. The van der Waals surface area contributed by atoms with Crippen molar-refractivity contribution in [2.24, 2.45) is 0 Å². The van der Waals surface area contributed by atoms with Crippen molar-refractivity contribution in [3.05, 3.63) is 29.3 Å². The zero-order valence-electron chi connectivity index (χ0n) is 10.4. The largest absolute Gasteiger partial charge is 0.398 e. The van der Waals surface area contributed by atoms with Crippen LogP contribution in [0, 0.1) is 0 Å². The molecule has 1 atom stereocenters. The summed E-state index contributed by atoms with van der Waals surface area (Å²) >= 11 is 0. The Labute approximate surface area is 113 Å². The molecule has 0 unspecified atom stereocenters. The lowest BCUT2D eigenvalue weighted by molar-refractivity contribution is -0.136. The standard InChI is InChI=1S/C13H11N3O4/c14-7-3-1-2-6-10(7)13(20)16(12(6)19)8-4-5-9(17)15-11(8)18/h1-3,8H,4-5,14H2,(H,15,17,18)/t8-/m0/s1. The molecule has 7 heteroatoms. The highest BCUT2D eigenvalue weighted by Crippen LogP contribution is 2.30. The summed E-state index contributed by atoms with van der Waals surface area (Å²) in [5.41, 5.74) is 6.24. The zero-order chi connectivity index (χ0) is 14.4. The van der Waals surface area contributed by atoms with Gasteiger partial charge in [0.15, 0.2) is 0 Å². The molecule has 3 N–H and O–H groups in total. The van der Waals surface area contributed by atoms with Crippen LogP contribution < -0.4 is 11.1 Å². The lowest BCUT2D eigenvalue weighted by atomic mass is 10.0. The molecule has 3 rings (SSSR count). The Morgan fingerprint density at radius 2 is 1.90 bits per heavy atom. The summed E-state index contributed by atoms with van der Waals surface area (Å²) in [6.45, 7) is 0. The van der Waals surface area contributed by atoms with Gasteiger partial charge in [0.05, 0.1) is 11.1 Å². The van der Waals surface area contributed by atoms with Gasteiger partial charge < -0.3 is 5.73 Å². The Kier molecular flexibility index (Phi) is 2.56. The average molecular weight is 273 g/mol. The minimum Gasteiger partial charge on any atom is -0.398 e. The van der Waals surface area contributed by atoms with Crippen molar-refractivity contribution in [1.82, 2.24) is 10.2 Å². The van der Waals surface area contributed by atoms with Gasteiger partial charge in [0.1, 0.15) is 6.04 Å². The second-order valence-corrected chi connectivity index (χ2v) is 4.72. The fourth-order valence-electron chi connectivity index (χ4n) is 2.54. The molecule has 2 aliphatic heterocycles. The lowest BCUT2D eigenvalue weighted by Gasteiger charge is -2.27. The number of carbonyl (C=O) groups is 4. The third-order valence-electron chi connectivity index (χ3n) is 3.50. The maximum Gasteiger partial charge on any atom is 0.264 e. The van der Waals surface area contributed by atoms with E-state index in [9.17, 15) is 19.2 Å². The fraction of sp³-hybridized carbons (Fsp3) is 0.231. The molecular formula is C13H11N3O4. The molecule has 2 aliphatic rings. The van der Waals surface area contributed by atoms with Crippen molar-refractivity contribution >= 4 is 29.3 Å². The molecule has 102 valence electrons. The molecule has 1 fully saturated rings. The van der Waals surface area contributed by atoms with Crippen molar-refractivity contribution < 1.29 is 19.2 Å². The monoisotopic (exact) mass is 273 g/mol. The predicted molar refractivity (Wildman–Crippen MR) is 67.5 cm³/mol. The van der Waals surface area contributed by atoms with Crippen LogP contribution in [0.2, 0.25) is 0 Å². The number of benzene rings is 1. The minimum atomic E-state index is -0.959. The predicted octanol–water partition coefficient (Wildman–Crippen LogP) is -0.330. The van der Waals surface area contributed by atoms with Crippen LogP contribution >= 0.6 is 0 Å². The quantitative estimate of drug-likeness (QED) is 0.538. The first kappa shape index (κ1) is 12.3. The second kappa shape index (κ2) is 4.16. The third kappa shape index (κ3) is 1.59. The van der Waals surface area contributed by atoms with Crippen molar-refractivity contribution in [2.45, 2.75) is 18.9 Å². The van der Waals surface area contributed by atoms with Crippen molar-refractivity contribution in [1.29, 1.82) is 0 Å². The van der Waals surface area contributed by atoms with Gasteiger partial charge in [0.25, 0.3) is 11.8 Å². The van der Waals surface area contributed by atoms with E-state index >= 15 is 0 Å². The van der Waals surface area contributed by atoms with E-state index in [0.29, 0.717) is 0 Å². The Hall–Kier alpha value is -2.70. The van der Waals surface area contributed by atoms with Crippen LogP contribution in [-0.2, 0) is 9.59 Å². The van der Waals surface area contributed by atoms with Crippen LogP contribution in [0.15, 0.2) is 18.2 Å². The normalized spacial score (nSPS) is 22.0. The van der Waals surface area contributed by atoms with Crippen molar-refractivity contribution in [3.8, 4) is 0 Å². The molecule has 1 aromatic rings. The number of carbonyl (C=O) groups excluding carboxylic acids is 4. The molecule has 1 aromatic carbocycles. The van der Waals surface area contributed by atoms with Crippen LogP contribution in [0.1, 0.15) is 33.6 Å². The molecule has 1 saturated heterocycles. The highest BCUT2D eigenvalue weighted by Gasteiger charge is 2.45. The van der Waals surface area contributed by atoms with Gasteiger partial charge in [-0.3, -0.25) is 29.4 Å². The topological polar surface area (TPSA) is 110 Å². The van der Waals surface area contributed by atoms with E-state index in [0.717, 1.165) is 4.90 Å². The molecule has 0 spiro atoms. The Morgan fingerprint density at radius 3 is 2.55 bits per heavy atom. The molecule has 20 heavy (non-hydrogen) atoms. The van der Waals surface area contributed by atoms with E-state index in [4.69, 9.17) is 5.73 Å². The van der Waals surface area contributed by atoms with Gasteiger partial charge >= 0.3 is 0 Å². The number of piperidine rings is 1. The van der Waals surface area contributed by atoms with Crippen LogP contribution in [0.3, 0.4) is 0 Å². The van der Waals surface area contributed by atoms with Crippen LogP contribution in [0.25, 0.3) is 0 Å². The maximum absolute atomic E-state index is 12.3. The smallest absolute Gasteiger partial charge is 0.264 e. The summed E-state index contributed by atoms with van der Waals surface area (Å²) in [6.07, 6.45) is 0.231. The molecule has 2 heterocycles. The van der Waals surface area contributed by atoms with E-state index in [-0.39, 0.29) is 29.7 Å². The van der Waals surface area contributed by atoms with Crippen LogP contribution in [0.5, 0.6) is 0 Å². The number of nitrogens with two attached hydrogens (primary N) is 1. The van der Waals surface area contributed by atoms with Crippen LogP contribution in [0.4, 0.5) is 5.69 Å². The van der Waals surface area contributed by atoms with Gasteiger partial charge in [-0.15, -0.1) is 0 Å². The lowest BCUT2D eigenvalue weighted by Crippen LogP contribution is -2.54. The van der Waals surface area contributed by atoms with E-state index in [1.165, 1.54) is 12.1 Å². The molecule has 4 amide bonds. The maximum atomic E-state index is 12.3. The molecule has 7 nitrogen and oxygen atoms in total. The summed E-state index contributed by atoms with van der Waals surface area (Å²) in [6, 6.07) is 3.64. The van der Waals surface area contributed by atoms with E-state index in [2.05, 4.69) is 5.32 Å².